The number of hydrogen-bond acceptors (Lipinski definition) is 3. The number of halogens is 3. The normalized spacial score (nSPS) is 15.4. The van der Waals surface area contributed by atoms with Crippen LogP contribution in [0.1, 0.15) is 5.56 Å². The fourth-order valence-electron chi connectivity index (χ4n) is 1.69. The van der Waals surface area contributed by atoms with Gasteiger partial charge in [0.05, 0.1) is 0 Å². The van der Waals surface area contributed by atoms with Crippen molar-refractivity contribution in [2.24, 2.45) is 0 Å². The number of allylic oxidation sites excluding steroid dienone is 1. The number of alkyl halides is 3. The molecule has 1 aliphatic heterocycles. The van der Waals surface area contributed by atoms with Gasteiger partial charge < -0.3 is 14.8 Å². The molecular weight excluding hydrogens is 275 g/mol. The lowest BCUT2D eigenvalue weighted by molar-refractivity contribution is -0.151. The van der Waals surface area contributed by atoms with E-state index in [9.17, 15) is 18.0 Å². The predicted octanol–water partition coefficient (Wildman–Crippen LogP) is 2.75. The first-order valence-electron chi connectivity index (χ1n) is 5.83. The standard InChI is InChI=1S/C13H12F3NO3/c1-8-4-2-3-5-9(8)17-12(18)10-11(13(14,15)16)20-7-6-19-10/h2-5H,6-7H2,1H3,(H,17,18). The van der Waals surface area contributed by atoms with E-state index in [0.29, 0.717) is 5.69 Å². The lowest BCUT2D eigenvalue weighted by Gasteiger charge is -2.22. The van der Waals surface area contributed by atoms with Crippen molar-refractivity contribution in [2.45, 2.75) is 13.1 Å². The Kier molecular flexibility index (Phi) is 3.87. The lowest BCUT2D eigenvalue weighted by Crippen LogP contribution is -2.30. The summed E-state index contributed by atoms with van der Waals surface area (Å²) in [6.07, 6.45) is -4.77. The van der Waals surface area contributed by atoms with E-state index < -0.39 is 23.6 Å². The Morgan fingerprint density at radius 3 is 2.50 bits per heavy atom. The number of benzene rings is 1. The monoisotopic (exact) mass is 287 g/mol. The molecule has 2 rings (SSSR count). The number of ether oxygens (including phenoxy) is 2. The van der Waals surface area contributed by atoms with Gasteiger partial charge in [0, 0.05) is 5.69 Å². The minimum atomic E-state index is -4.77. The van der Waals surface area contributed by atoms with Crippen LogP contribution >= 0.6 is 0 Å². The Labute approximate surface area is 113 Å². The summed E-state index contributed by atoms with van der Waals surface area (Å²) < 4.78 is 47.5. The summed E-state index contributed by atoms with van der Waals surface area (Å²) in [7, 11) is 0. The molecule has 1 aromatic rings. The molecule has 4 nitrogen and oxygen atoms in total. The zero-order valence-electron chi connectivity index (χ0n) is 10.6. The fraction of sp³-hybridized carbons (Fsp3) is 0.308. The van der Waals surface area contributed by atoms with Crippen LogP contribution in [0, 0.1) is 6.92 Å². The molecule has 0 aliphatic carbocycles. The van der Waals surface area contributed by atoms with Crippen LogP contribution in [0.5, 0.6) is 0 Å². The fourth-order valence-corrected chi connectivity index (χ4v) is 1.69. The van der Waals surface area contributed by atoms with Crippen LogP contribution in [0.25, 0.3) is 0 Å². The van der Waals surface area contributed by atoms with E-state index in [1.807, 2.05) is 0 Å². The van der Waals surface area contributed by atoms with Gasteiger partial charge in [0.1, 0.15) is 13.2 Å². The molecule has 1 N–H and O–H groups in total. The minimum absolute atomic E-state index is 0.101. The number of nitrogens with one attached hydrogen (secondary N) is 1. The van der Waals surface area contributed by atoms with Crippen LogP contribution < -0.4 is 5.32 Å². The van der Waals surface area contributed by atoms with Crippen molar-refractivity contribution in [1.82, 2.24) is 0 Å². The van der Waals surface area contributed by atoms with Crippen LogP contribution in [-0.2, 0) is 14.3 Å². The van der Waals surface area contributed by atoms with Crippen LogP contribution in [0.15, 0.2) is 35.8 Å². The van der Waals surface area contributed by atoms with Crippen molar-refractivity contribution < 1.29 is 27.4 Å². The largest absolute Gasteiger partial charge is 0.483 e. The highest BCUT2D eigenvalue weighted by Gasteiger charge is 2.43. The van der Waals surface area contributed by atoms with Gasteiger partial charge in [-0.3, -0.25) is 4.79 Å². The summed E-state index contributed by atoms with van der Waals surface area (Å²) in [5.41, 5.74) is 1.15. The van der Waals surface area contributed by atoms with Gasteiger partial charge in [-0.15, -0.1) is 0 Å². The van der Waals surface area contributed by atoms with Crippen molar-refractivity contribution in [3.05, 3.63) is 41.3 Å². The molecule has 7 heteroatoms. The van der Waals surface area contributed by atoms with Gasteiger partial charge >= 0.3 is 6.18 Å². The van der Waals surface area contributed by atoms with E-state index in [-0.39, 0.29) is 13.2 Å². The summed E-state index contributed by atoms with van der Waals surface area (Å²) >= 11 is 0. The van der Waals surface area contributed by atoms with Crippen molar-refractivity contribution in [3.8, 4) is 0 Å². The topological polar surface area (TPSA) is 47.6 Å². The van der Waals surface area contributed by atoms with Crippen LogP contribution in [-0.4, -0.2) is 25.3 Å². The number of amides is 1. The number of aryl methyl sites for hydroxylation is 1. The Morgan fingerprint density at radius 1 is 1.20 bits per heavy atom. The molecular formula is C13H12F3NO3. The number of para-hydroxylation sites is 1. The Hall–Kier alpha value is -2.18. The molecule has 0 aromatic heterocycles. The highest BCUT2D eigenvalue weighted by molar-refractivity contribution is 6.03. The molecule has 1 aliphatic rings. The lowest BCUT2D eigenvalue weighted by atomic mass is 10.2. The van der Waals surface area contributed by atoms with Gasteiger partial charge in [-0.05, 0) is 18.6 Å². The minimum Gasteiger partial charge on any atom is -0.483 e. The average molecular weight is 287 g/mol. The third kappa shape index (κ3) is 3.04. The first-order valence-corrected chi connectivity index (χ1v) is 5.83. The van der Waals surface area contributed by atoms with Crippen molar-refractivity contribution in [1.29, 1.82) is 0 Å². The second-order valence-electron chi connectivity index (χ2n) is 4.12. The van der Waals surface area contributed by atoms with Crippen molar-refractivity contribution >= 4 is 11.6 Å². The van der Waals surface area contributed by atoms with Crippen LogP contribution in [0.4, 0.5) is 18.9 Å². The van der Waals surface area contributed by atoms with Crippen LogP contribution in [0.2, 0.25) is 0 Å². The molecule has 0 bridgehead atoms. The van der Waals surface area contributed by atoms with E-state index in [2.05, 4.69) is 10.1 Å². The van der Waals surface area contributed by atoms with Gasteiger partial charge in [0.15, 0.2) is 0 Å². The van der Waals surface area contributed by atoms with E-state index in [1.54, 1.807) is 31.2 Å². The number of carbonyl (C=O) groups excluding carboxylic acids is 1. The van der Waals surface area contributed by atoms with Crippen molar-refractivity contribution in [3.63, 3.8) is 0 Å². The van der Waals surface area contributed by atoms with E-state index >= 15 is 0 Å². The molecule has 108 valence electrons. The quantitative estimate of drug-likeness (QED) is 0.909. The van der Waals surface area contributed by atoms with Gasteiger partial charge in [0.2, 0.25) is 11.5 Å². The third-order valence-electron chi connectivity index (χ3n) is 2.64. The summed E-state index contributed by atoms with van der Waals surface area (Å²) in [5.74, 6) is -3.21. The molecule has 0 atom stereocenters. The molecule has 1 amide bonds. The summed E-state index contributed by atoms with van der Waals surface area (Å²) in [6, 6.07) is 6.74. The summed E-state index contributed by atoms with van der Waals surface area (Å²) in [4.78, 5) is 11.9. The Balaban J connectivity index is 2.27. The molecule has 1 heterocycles. The molecule has 0 radical (unpaired) electrons. The SMILES string of the molecule is Cc1ccccc1NC(=O)C1=C(C(F)(F)F)OCCO1. The first kappa shape index (κ1) is 14.2. The molecule has 0 saturated carbocycles. The highest BCUT2D eigenvalue weighted by Crippen LogP contribution is 2.32. The number of anilines is 1. The third-order valence-corrected chi connectivity index (χ3v) is 2.64. The van der Waals surface area contributed by atoms with Gasteiger partial charge in [-0.25, -0.2) is 0 Å². The van der Waals surface area contributed by atoms with Gasteiger partial charge in [-0.2, -0.15) is 13.2 Å². The van der Waals surface area contributed by atoms with E-state index in [0.717, 1.165) is 5.56 Å². The zero-order chi connectivity index (χ0) is 14.8. The summed E-state index contributed by atoms with van der Waals surface area (Å²) in [6.45, 7) is 1.39. The molecule has 1 aromatic carbocycles. The zero-order valence-corrected chi connectivity index (χ0v) is 10.6. The maximum atomic E-state index is 12.7. The molecule has 20 heavy (non-hydrogen) atoms. The second kappa shape index (κ2) is 5.44. The van der Waals surface area contributed by atoms with Gasteiger partial charge in [0.25, 0.3) is 5.91 Å². The maximum Gasteiger partial charge on any atom is 0.453 e. The molecule has 0 saturated heterocycles. The number of carbonyl (C=O) groups is 1. The molecule has 0 spiro atoms. The van der Waals surface area contributed by atoms with E-state index in [1.165, 1.54) is 0 Å². The smallest absolute Gasteiger partial charge is 0.453 e. The van der Waals surface area contributed by atoms with Crippen molar-refractivity contribution in [2.75, 3.05) is 18.5 Å². The first-order chi connectivity index (χ1) is 9.39. The predicted molar refractivity (Wildman–Crippen MR) is 64.8 cm³/mol. The summed E-state index contributed by atoms with van der Waals surface area (Å²) in [5, 5.41) is 2.38. The average Bonchev–Trinajstić information content (AvgIpc) is 2.40. The second-order valence-corrected chi connectivity index (χ2v) is 4.12. The molecule has 0 unspecified atom stereocenters. The molecule has 0 fully saturated rings. The number of hydrogen-bond donors (Lipinski definition) is 1. The Morgan fingerprint density at radius 2 is 1.85 bits per heavy atom. The van der Waals surface area contributed by atoms with Gasteiger partial charge in [-0.1, -0.05) is 18.2 Å². The Bertz CT molecular complexity index is 552. The highest BCUT2D eigenvalue weighted by atomic mass is 19.4. The van der Waals surface area contributed by atoms with Crippen LogP contribution in [0.3, 0.4) is 0 Å². The maximum absolute atomic E-state index is 12.7. The van der Waals surface area contributed by atoms with E-state index in [4.69, 9.17) is 4.74 Å². The number of rotatable bonds is 2.